The Hall–Kier alpha value is -3.23. The van der Waals surface area contributed by atoms with Crippen molar-refractivity contribution in [3.8, 4) is 0 Å². The second-order valence-electron chi connectivity index (χ2n) is 6.54. The maximum Gasteiger partial charge on any atom is 0.277 e. The molecule has 0 bridgehead atoms. The van der Waals surface area contributed by atoms with Crippen LogP contribution in [0.2, 0.25) is 0 Å². The van der Waals surface area contributed by atoms with E-state index in [-0.39, 0.29) is 17.2 Å². The van der Waals surface area contributed by atoms with Crippen molar-refractivity contribution < 1.29 is 9.18 Å². The number of fused-ring (bicyclic) bond motifs is 1. The van der Waals surface area contributed by atoms with Crippen molar-refractivity contribution in [3.63, 3.8) is 0 Å². The van der Waals surface area contributed by atoms with Crippen molar-refractivity contribution in [1.82, 2.24) is 19.9 Å². The summed E-state index contributed by atoms with van der Waals surface area (Å²) in [5.41, 5.74) is 4.95. The van der Waals surface area contributed by atoms with Gasteiger partial charge in [-0.1, -0.05) is 13.3 Å². The van der Waals surface area contributed by atoms with E-state index in [9.17, 15) is 14.0 Å². The average molecular weight is 372 g/mol. The van der Waals surface area contributed by atoms with Gasteiger partial charge in [0.15, 0.2) is 0 Å². The maximum absolute atomic E-state index is 13.8. The number of rotatable bonds is 5. The molecule has 1 aliphatic rings. The van der Waals surface area contributed by atoms with E-state index in [1.165, 1.54) is 30.0 Å². The van der Waals surface area contributed by atoms with Crippen LogP contribution in [0.15, 0.2) is 35.2 Å². The molecule has 3 heterocycles. The monoisotopic (exact) mass is 372 g/mol. The lowest BCUT2D eigenvalue weighted by Gasteiger charge is -2.28. The first-order chi connectivity index (χ1) is 12.8. The van der Waals surface area contributed by atoms with Crippen LogP contribution >= 0.6 is 0 Å². The second-order valence-corrected chi connectivity index (χ2v) is 6.54. The van der Waals surface area contributed by atoms with Gasteiger partial charge in [-0.3, -0.25) is 14.2 Å². The van der Waals surface area contributed by atoms with E-state index in [0.717, 1.165) is 0 Å². The predicted molar refractivity (Wildman–Crippen MR) is 100 cm³/mol. The Balaban J connectivity index is 2.21. The van der Waals surface area contributed by atoms with E-state index >= 15 is 0 Å². The van der Waals surface area contributed by atoms with Gasteiger partial charge in [0.25, 0.3) is 11.5 Å². The van der Waals surface area contributed by atoms with Gasteiger partial charge in [-0.25, -0.2) is 14.4 Å². The van der Waals surface area contributed by atoms with Crippen LogP contribution in [0.25, 0.3) is 0 Å². The molecular weight excluding hydrogens is 351 g/mol. The predicted octanol–water partition coefficient (Wildman–Crippen LogP) is 2.34. The molecule has 0 fully saturated rings. The third-order valence-corrected chi connectivity index (χ3v) is 4.36. The van der Waals surface area contributed by atoms with E-state index in [2.05, 4.69) is 20.6 Å². The van der Waals surface area contributed by atoms with Gasteiger partial charge in [0, 0.05) is 6.07 Å². The minimum absolute atomic E-state index is 0.205. The molecule has 1 atom stereocenters. The van der Waals surface area contributed by atoms with Gasteiger partial charge in [0.1, 0.15) is 35.0 Å². The molecule has 0 radical (unpaired) electrons. The van der Waals surface area contributed by atoms with Gasteiger partial charge >= 0.3 is 0 Å². The lowest BCUT2D eigenvalue weighted by atomic mass is 10.0. The highest BCUT2D eigenvalue weighted by Crippen LogP contribution is 2.32. The van der Waals surface area contributed by atoms with Crippen LogP contribution in [-0.4, -0.2) is 20.4 Å². The third-order valence-electron chi connectivity index (χ3n) is 4.36. The fraction of sp³-hybridized carbons (Fsp3) is 0.333. The Bertz CT molecular complexity index is 996. The molecule has 0 saturated heterocycles. The molecule has 1 amide bonds. The number of nitrogens with two attached hydrogens (primary N) is 1. The number of allylic oxidation sites excluding steroid dienone is 1. The van der Waals surface area contributed by atoms with Crippen molar-refractivity contribution in [2.75, 3.05) is 11.1 Å². The minimum Gasteiger partial charge on any atom is -0.384 e. The number of carbonyl (C=O) groups excluding carboxylic acids is 1. The third kappa shape index (κ3) is 3.27. The standard InChI is InChI=1S/C18H21FN6O2/c1-4-5-18(8-11(3)19)24-16(26)15-10(2)6-12(17(27)25(15)18)23-14-7-13(20)21-9-22-14/h6-9H,4-5H2,1-3H3,(H,24,26)(H3,20,21,22,23)/b11-8+. The molecule has 0 aliphatic carbocycles. The summed E-state index contributed by atoms with van der Waals surface area (Å²) < 4.78 is 15.1. The maximum atomic E-state index is 13.8. The van der Waals surface area contributed by atoms with Crippen LogP contribution in [0.3, 0.4) is 0 Å². The summed E-state index contributed by atoms with van der Waals surface area (Å²) in [6.45, 7) is 4.90. The first kappa shape index (κ1) is 18.6. The van der Waals surface area contributed by atoms with Crippen molar-refractivity contribution >= 4 is 23.2 Å². The van der Waals surface area contributed by atoms with E-state index in [4.69, 9.17) is 5.73 Å². The van der Waals surface area contributed by atoms with Crippen LogP contribution in [0.5, 0.6) is 0 Å². The van der Waals surface area contributed by atoms with Crippen LogP contribution < -0.4 is 21.9 Å². The second kappa shape index (κ2) is 6.82. The number of nitrogens with zero attached hydrogens (tertiary/aromatic N) is 3. The Kier molecular flexibility index (Phi) is 4.69. The summed E-state index contributed by atoms with van der Waals surface area (Å²) >= 11 is 0. The largest absolute Gasteiger partial charge is 0.384 e. The van der Waals surface area contributed by atoms with Gasteiger partial charge in [-0.2, -0.15) is 0 Å². The zero-order chi connectivity index (χ0) is 19.8. The lowest BCUT2D eigenvalue weighted by Crippen LogP contribution is -2.46. The van der Waals surface area contributed by atoms with Crippen molar-refractivity contribution in [2.24, 2.45) is 0 Å². The Morgan fingerprint density at radius 3 is 2.78 bits per heavy atom. The zero-order valence-electron chi connectivity index (χ0n) is 15.3. The number of hydrogen-bond acceptors (Lipinski definition) is 6. The number of aryl methyl sites for hydroxylation is 1. The van der Waals surface area contributed by atoms with Gasteiger partial charge in [0.2, 0.25) is 0 Å². The summed E-state index contributed by atoms with van der Waals surface area (Å²) in [5, 5.41) is 5.69. The molecule has 1 unspecified atom stereocenters. The molecular formula is C18H21FN6O2. The van der Waals surface area contributed by atoms with Gasteiger partial charge < -0.3 is 16.4 Å². The number of halogens is 1. The van der Waals surface area contributed by atoms with E-state index in [0.29, 0.717) is 24.2 Å². The quantitative estimate of drug-likeness (QED) is 0.742. The zero-order valence-corrected chi connectivity index (χ0v) is 15.3. The highest BCUT2D eigenvalue weighted by molar-refractivity contribution is 5.97. The summed E-state index contributed by atoms with van der Waals surface area (Å²) in [6, 6.07) is 3.06. The molecule has 2 aromatic heterocycles. The van der Waals surface area contributed by atoms with Crippen molar-refractivity contribution in [2.45, 2.75) is 39.3 Å². The molecule has 8 nitrogen and oxygen atoms in total. The molecule has 1 aliphatic heterocycles. The van der Waals surface area contributed by atoms with Gasteiger partial charge in [-0.05, 0) is 38.0 Å². The number of hydrogen-bond donors (Lipinski definition) is 3. The normalized spacial score (nSPS) is 19.0. The first-order valence-electron chi connectivity index (χ1n) is 8.56. The lowest BCUT2D eigenvalue weighted by molar-refractivity contribution is 0.0933. The molecule has 2 aromatic rings. The van der Waals surface area contributed by atoms with E-state index in [1.807, 2.05) is 6.92 Å². The fourth-order valence-corrected chi connectivity index (χ4v) is 3.44. The van der Waals surface area contributed by atoms with Crippen LogP contribution in [0.4, 0.5) is 21.7 Å². The summed E-state index contributed by atoms with van der Waals surface area (Å²) in [6.07, 6.45) is 3.56. The van der Waals surface area contributed by atoms with Gasteiger partial charge in [0.05, 0.1) is 5.83 Å². The Morgan fingerprint density at radius 1 is 1.41 bits per heavy atom. The number of nitrogen functional groups attached to an aromatic ring is 1. The molecule has 142 valence electrons. The van der Waals surface area contributed by atoms with Gasteiger partial charge in [-0.15, -0.1) is 0 Å². The number of carbonyl (C=O) groups is 1. The Labute approximate surface area is 155 Å². The topological polar surface area (TPSA) is 115 Å². The highest BCUT2D eigenvalue weighted by Gasteiger charge is 2.43. The number of amides is 1. The van der Waals surface area contributed by atoms with Crippen LogP contribution in [0, 0.1) is 6.92 Å². The summed E-state index contributed by atoms with van der Waals surface area (Å²) in [5.74, 6) is -0.301. The summed E-state index contributed by atoms with van der Waals surface area (Å²) in [7, 11) is 0. The number of pyridine rings is 1. The molecule has 27 heavy (non-hydrogen) atoms. The molecule has 0 spiro atoms. The van der Waals surface area contributed by atoms with Crippen LogP contribution in [0.1, 0.15) is 42.7 Å². The fourth-order valence-electron chi connectivity index (χ4n) is 3.44. The first-order valence-corrected chi connectivity index (χ1v) is 8.56. The number of nitrogens with one attached hydrogen (secondary N) is 2. The summed E-state index contributed by atoms with van der Waals surface area (Å²) in [4.78, 5) is 33.6. The molecule has 4 N–H and O–H groups in total. The SMILES string of the molecule is CCCC1(/C=C(\C)F)NC(=O)c2c(C)cc(Nc3cc(N)ncn3)c(=O)n21. The molecule has 0 saturated carbocycles. The smallest absolute Gasteiger partial charge is 0.277 e. The molecule has 9 heteroatoms. The van der Waals surface area contributed by atoms with Crippen LogP contribution in [-0.2, 0) is 5.66 Å². The highest BCUT2D eigenvalue weighted by atomic mass is 19.1. The van der Waals surface area contributed by atoms with Crippen molar-refractivity contribution in [1.29, 1.82) is 0 Å². The van der Waals surface area contributed by atoms with Crippen molar-refractivity contribution in [3.05, 3.63) is 52.0 Å². The number of anilines is 3. The molecule has 0 aromatic carbocycles. The Morgan fingerprint density at radius 2 is 2.15 bits per heavy atom. The average Bonchev–Trinajstić information content (AvgIpc) is 2.84. The van der Waals surface area contributed by atoms with E-state index < -0.39 is 23.0 Å². The van der Waals surface area contributed by atoms with E-state index in [1.54, 1.807) is 13.0 Å². The molecule has 3 rings (SSSR count). The number of aromatic nitrogens is 3. The minimum atomic E-state index is -1.25.